The van der Waals surface area contributed by atoms with Gasteiger partial charge in [0.1, 0.15) is 0 Å². The molecule has 1 heterocycles. The Morgan fingerprint density at radius 2 is 1.55 bits per heavy atom. The van der Waals surface area contributed by atoms with E-state index >= 15 is 0 Å². The zero-order chi connectivity index (χ0) is 15.1. The summed E-state index contributed by atoms with van der Waals surface area (Å²) in [5.74, 6) is 0.459. The number of benzene rings is 3. The molecule has 0 bridgehead atoms. The van der Waals surface area contributed by atoms with Gasteiger partial charge in [-0.3, -0.25) is 0 Å². The highest BCUT2D eigenvalue weighted by Gasteiger charge is 2.25. The lowest BCUT2D eigenvalue weighted by atomic mass is 9.82. The Labute approximate surface area is 132 Å². The monoisotopic (exact) mass is 287 g/mol. The third kappa shape index (κ3) is 2.13. The lowest BCUT2D eigenvalue weighted by Crippen LogP contribution is -2.31. The minimum Gasteiger partial charge on any atom is -0.301 e. The average Bonchev–Trinajstić information content (AvgIpc) is 2.55. The Kier molecular flexibility index (Phi) is 3.24. The van der Waals surface area contributed by atoms with Crippen molar-refractivity contribution in [1.82, 2.24) is 4.90 Å². The van der Waals surface area contributed by atoms with Crippen molar-refractivity contribution >= 4 is 10.8 Å². The summed E-state index contributed by atoms with van der Waals surface area (Å²) in [6.45, 7) is 4.34. The molecule has 1 aliphatic rings. The molecule has 3 aromatic rings. The third-order valence-electron chi connectivity index (χ3n) is 4.92. The van der Waals surface area contributed by atoms with Gasteiger partial charge in [0.05, 0.1) is 0 Å². The second-order valence-corrected chi connectivity index (χ2v) is 6.47. The van der Waals surface area contributed by atoms with E-state index in [1.807, 2.05) is 0 Å². The van der Waals surface area contributed by atoms with Gasteiger partial charge in [-0.15, -0.1) is 0 Å². The topological polar surface area (TPSA) is 3.24 Å². The van der Waals surface area contributed by atoms with Crippen molar-refractivity contribution in [3.63, 3.8) is 0 Å². The van der Waals surface area contributed by atoms with E-state index in [0.29, 0.717) is 5.92 Å². The number of hydrogen-bond acceptors (Lipinski definition) is 1. The van der Waals surface area contributed by atoms with Crippen LogP contribution in [0.2, 0.25) is 0 Å². The van der Waals surface area contributed by atoms with Gasteiger partial charge >= 0.3 is 0 Å². The molecule has 0 saturated carbocycles. The highest BCUT2D eigenvalue weighted by atomic mass is 15.1. The van der Waals surface area contributed by atoms with Crippen LogP contribution in [0.5, 0.6) is 0 Å². The first kappa shape index (κ1) is 13.5. The molecule has 0 amide bonds. The summed E-state index contributed by atoms with van der Waals surface area (Å²) >= 11 is 0. The summed E-state index contributed by atoms with van der Waals surface area (Å²) in [4.78, 5) is 2.43. The average molecular weight is 287 g/mol. The van der Waals surface area contributed by atoms with Crippen LogP contribution in [0.4, 0.5) is 0 Å². The molecular formula is C21H21N. The van der Waals surface area contributed by atoms with E-state index in [0.717, 1.165) is 13.1 Å². The molecule has 0 aromatic heterocycles. The summed E-state index contributed by atoms with van der Waals surface area (Å²) in [6.07, 6.45) is 0. The van der Waals surface area contributed by atoms with Crippen LogP contribution >= 0.6 is 0 Å². The highest BCUT2D eigenvalue weighted by molar-refractivity contribution is 5.89. The maximum absolute atomic E-state index is 2.43. The molecule has 1 atom stereocenters. The molecule has 3 aromatic carbocycles. The van der Waals surface area contributed by atoms with Crippen LogP contribution in [0.1, 0.15) is 28.2 Å². The molecule has 1 aliphatic heterocycles. The number of hydrogen-bond donors (Lipinski definition) is 0. The molecule has 0 fully saturated rings. The smallest absolute Gasteiger partial charge is 0.0234 e. The molecule has 1 heteroatoms. The fraction of sp³-hybridized carbons (Fsp3) is 0.238. The lowest BCUT2D eigenvalue weighted by molar-refractivity contribution is 0.296. The zero-order valence-corrected chi connectivity index (χ0v) is 13.2. The summed E-state index contributed by atoms with van der Waals surface area (Å²) in [7, 11) is 2.22. The third-order valence-corrected chi connectivity index (χ3v) is 4.92. The van der Waals surface area contributed by atoms with Gasteiger partial charge in [-0.25, -0.2) is 0 Å². The molecule has 22 heavy (non-hydrogen) atoms. The van der Waals surface area contributed by atoms with E-state index in [9.17, 15) is 0 Å². The van der Waals surface area contributed by atoms with Crippen molar-refractivity contribution in [1.29, 1.82) is 0 Å². The van der Waals surface area contributed by atoms with Crippen LogP contribution in [-0.2, 0) is 6.54 Å². The first-order chi connectivity index (χ1) is 10.7. The highest BCUT2D eigenvalue weighted by Crippen LogP contribution is 2.37. The molecule has 0 aliphatic carbocycles. The minimum absolute atomic E-state index is 0.459. The molecule has 0 spiro atoms. The number of aryl methyl sites for hydroxylation is 1. The van der Waals surface area contributed by atoms with Crippen molar-refractivity contribution in [3.8, 4) is 0 Å². The van der Waals surface area contributed by atoms with E-state index < -0.39 is 0 Å². The number of likely N-dealkylation sites (N-methyl/N-ethyl adjacent to an activating group) is 1. The standard InChI is InChI=1S/C21H21N/c1-15-11-12-20(19-10-6-5-8-17(15)19)21-14-22(2)13-16-7-3-4-9-18(16)21/h3-12,21H,13-14H2,1-2H3. The van der Waals surface area contributed by atoms with E-state index in [1.54, 1.807) is 0 Å². The molecule has 0 radical (unpaired) electrons. The first-order valence-electron chi connectivity index (χ1n) is 7.98. The van der Waals surface area contributed by atoms with Gasteiger partial charge < -0.3 is 4.90 Å². The van der Waals surface area contributed by atoms with Crippen LogP contribution in [0, 0.1) is 6.92 Å². The summed E-state index contributed by atoms with van der Waals surface area (Å²) in [5.41, 5.74) is 5.78. The van der Waals surface area contributed by atoms with Gasteiger partial charge in [0.25, 0.3) is 0 Å². The molecule has 1 nitrogen and oxygen atoms in total. The predicted octanol–water partition coefficient (Wildman–Crippen LogP) is 4.73. The lowest BCUT2D eigenvalue weighted by Gasteiger charge is -2.33. The van der Waals surface area contributed by atoms with E-state index in [-0.39, 0.29) is 0 Å². The first-order valence-corrected chi connectivity index (χ1v) is 7.98. The number of fused-ring (bicyclic) bond motifs is 2. The van der Waals surface area contributed by atoms with Crippen LogP contribution in [-0.4, -0.2) is 18.5 Å². The van der Waals surface area contributed by atoms with Crippen molar-refractivity contribution in [2.75, 3.05) is 13.6 Å². The molecule has 4 rings (SSSR count). The van der Waals surface area contributed by atoms with Gasteiger partial charge in [0.2, 0.25) is 0 Å². The SMILES string of the molecule is Cc1ccc(C2CN(C)Cc3ccccc32)c2ccccc12. The van der Waals surface area contributed by atoms with Gasteiger partial charge in [-0.1, -0.05) is 60.7 Å². The second-order valence-electron chi connectivity index (χ2n) is 6.47. The quantitative estimate of drug-likeness (QED) is 0.625. The summed E-state index contributed by atoms with van der Waals surface area (Å²) in [6, 6.07) is 22.3. The predicted molar refractivity (Wildman–Crippen MR) is 93.3 cm³/mol. The van der Waals surface area contributed by atoms with Crippen molar-refractivity contribution in [2.24, 2.45) is 0 Å². The fourth-order valence-electron chi connectivity index (χ4n) is 3.83. The van der Waals surface area contributed by atoms with Gasteiger partial charge in [-0.2, -0.15) is 0 Å². The van der Waals surface area contributed by atoms with Crippen molar-refractivity contribution in [2.45, 2.75) is 19.4 Å². The molecule has 0 N–H and O–H groups in total. The Hall–Kier alpha value is -2.12. The Morgan fingerprint density at radius 1 is 0.818 bits per heavy atom. The fourth-order valence-corrected chi connectivity index (χ4v) is 3.83. The summed E-state index contributed by atoms with van der Waals surface area (Å²) in [5, 5.41) is 2.78. The Balaban J connectivity index is 1.95. The second kappa shape index (κ2) is 5.26. The van der Waals surface area contributed by atoms with Gasteiger partial charge in [-0.05, 0) is 47.0 Å². The van der Waals surface area contributed by atoms with Crippen LogP contribution in [0.15, 0.2) is 60.7 Å². The van der Waals surface area contributed by atoms with E-state index in [4.69, 9.17) is 0 Å². The maximum Gasteiger partial charge on any atom is 0.0234 e. The molecule has 1 unspecified atom stereocenters. The van der Waals surface area contributed by atoms with Crippen molar-refractivity contribution < 1.29 is 0 Å². The van der Waals surface area contributed by atoms with Crippen LogP contribution in [0.25, 0.3) is 10.8 Å². The number of rotatable bonds is 1. The van der Waals surface area contributed by atoms with E-state index in [2.05, 4.69) is 79.5 Å². The van der Waals surface area contributed by atoms with Gasteiger partial charge in [0, 0.05) is 19.0 Å². The maximum atomic E-state index is 2.43. The largest absolute Gasteiger partial charge is 0.301 e. The molecule has 110 valence electrons. The van der Waals surface area contributed by atoms with Crippen LogP contribution in [0.3, 0.4) is 0 Å². The Morgan fingerprint density at radius 3 is 2.41 bits per heavy atom. The summed E-state index contributed by atoms with van der Waals surface area (Å²) < 4.78 is 0. The van der Waals surface area contributed by atoms with Crippen LogP contribution < -0.4 is 0 Å². The van der Waals surface area contributed by atoms with Crippen molar-refractivity contribution in [3.05, 3.63) is 82.9 Å². The van der Waals surface area contributed by atoms with Gasteiger partial charge in [0.15, 0.2) is 0 Å². The van der Waals surface area contributed by atoms with E-state index in [1.165, 1.54) is 33.0 Å². The molecular weight excluding hydrogens is 266 g/mol. The minimum atomic E-state index is 0.459. The zero-order valence-electron chi connectivity index (χ0n) is 13.2. The molecule has 0 saturated heterocycles. The number of nitrogens with zero attached hydrogens (tertiary/aromatic N) is 1. The normalized spacial score (nSPS) is 18.4. The Bertz CT molecular complexity index is 834.